The molecule has 1 rings (SSSR count). The number of benzene rings is 1. The molecule has 5 nitrogen and oxygen atoms in total. The summed E-state index contributed by atoms with van der Waals surface area (Å²) in [7, 11) is 1.60. The zero-order chi connectivity index (χ0) is 15.0. The van der Waals surface area contributed by atoms with Gasteiger partial charge < -0.3 is 20.5 Å². The maximum atomic E-state index is 11.7. The molecule has 20 heavy (non-hydrogen) atoms. The molecule has 0 aliphatic rings. The van der Waals surface area contributed by atoms with Crippen LogP contribution >= 0.6 is 0 Å². The summed E-state index contributed by atoms with van der Waals surface area (Å²) in [4.78, 5) is 11.7. The summed E-state index contributed by atoms with van der Waals surface area (Å²) in [5.41, 5.74) is 6.81. The van der Waals surface area contributed by atoms with E-state index in [2.05, 4.69) is 5.32 Å². The fourth-order valence-electron chi connectivity index (χ4n) is 1.91. The number of hydrogen-bond donors (Lipinski definition) is 2. The van der Waals surface area contributed by atoms with Crippen LogP contribution in [0.4, 0.5) is 0 Å². The summed E-state index contributed by atoms with van der Waals surface area (Å²) >= 11 is 0. The molecule has 2 atom stereocenters. The number of carbonyl (C=O) groups excluding carboxylic acids is 1. The lowest BCUT2D eigenvalue weighted by molar-refractivity contribution is -0.124. The maximum Gasteiger partial charge on any atom is 0.258 e. The number of rotatable bonds is 8. The summed E-state index contributed by atoms with van der Waals surface area (Å²) < 4.78 is 10.5. The average molecular weight is 280 g/mol. The third-order valence-electron chi connectivity index (χ3n) is 2.70. The maximum absolute atomic E-state index is 11.7. The fraction of sp³-hybridized carbons (Fsp3) is 0.533. The molecule has 0 radical (unpaired) electrons. The Labute approximate surface area is 120 Å². The van der Waals surface area contributed by atoms with Gasteiger partial charge in [0.2, 0.25) is 0 Å². The first-order valence-corrected chi connectivity index (χ1v) is 6.77. The quantitative estimate of drug-likeness (QED) is 0.748. The molecule has 0 saturated heterocycles. The summed E-state index contributed by atoms with van der Waals surface area (Å²) in [5.74, 6) is 0.546. The molecule has 0 spiro atoms. The van der Waals surface area contributed by atoms with Crippen molar-refractivity contribution in [2.75, 3.05) is 20.3 Å². The third kappa shape index (κ3) is 6.04. The molecule has 0 aliphatic carbocycles. The molecule has 0 fully saturated rings. The van der Waals surface area contributed by atoms with E-state index in [-0.39, 0.29) is 24.6 Å². The molecule has 5 heteroatoms. The van der Waals surface area contributed by atoms with Gasteiger partial charge in [-0.25, -0.2) is 0 Å². The lowest BCUT2D eigenvalue weighted by Crippen LogP contribution is -2.38. The van der Waals surface area contributed by atoms with Gasteiger partial charge in [-0.3, -0.25) is 4.79 Å². The average Bonchev–Trinajstić information content (AvgIpc) is 2.37. The lowest BCUT2D eigenvalue weighted by atomic mass is 10.1. The first kappa shape index (κ1) is 16.5. The zero-order valence-electron chi connectivity index (χ0n) is 12.4. The van der Waals surface area contributed by atoms with Crippen LogP contribution in [-0.4, -0.2) is 38.3 Å². The molecule has 2 unspecified atom stereocenters. The van der Waals surface area contributed by atoms with Crippen LogP contribution in [0.3, 0.4) is 0 Å². The smallest absolute Gasteiger partial charge is 0.258 e. The summed E-state index contributed by atoms with van der Waals surface area (Å²) in [5, 5.41) is 2.80. The van der Waals surface area contributed by atoms with E-state index >= 15 is 0 Å². The van der Waals surface area contributed by atoms with Gasteiger partial charge in [0.25, 0.3) is 5.91 Å². The Hall–Kier alpha value is -1.59. The Morgan fingerprint density at radius 1 is 1.35 bits per heavy atom. The molecule has 1 aromatic carbocycles. The molecule has 1 aromatic rings. The molecular weight excluding hydrogens is 256 g/mol. The molecule has 0 heterocycles. The second kappa shape index (κ2) is 8.55. The molecule has 3 N–H and O–H groups in total. The monoisotopic (exact) mass is 280 g/mol. The van der Waals surface area contributed by atoms with Crippen molar-refractivity contribution in [3.63, 3.8) is 0 Å². The van der Waals surface area contributed by atoms with Gasteiger partial charge in [-0.15, -0.1) is 0 Å². The molecule has 0 aliphatic heterocycles. The molecular formula is C15H24N2O3. The highest BCUT2D eigenvalue weighted by atomic mass is 16.5. The van der Waals surface area contributed by atoms with Crippen LogP contribution in [0.1, 0.15) is 19.4 Å². The van der Waals surface area contributed by atoms with E-state index in [1.165, 1.54) is 0 Å². The SMILES string of the molecule is COCC(C)NC(=O)COc1ccccc1CC(C)N. The highest BCUT2D eigenvalue weighted by Crippen LogP contribution is 2.19. The van der Waals surface area contributed by atoms with Crippen molar-refractivity contribution >= 4 is 5.91 Å². The van der Waals surface area contributed by atoms with Crippen molar-refractivity contribution in [1.82, 2.24) is 5.32 Å². The second-order valence-electron chi connectivity index (χ2n) is 5.00. The van der Waals surface area contributed by atoms with E-state index in [1.54, 1.807) is 7.11 Å². The molecule has 112 valence electrons. The standard InChI is InChI=1S/C15H24N2O3/c1-11(16)8-13-6-4-5-7-14(13)20-10-15(18)17-12(2)9-19-3/h4-7,11-12H,8-10,16H2,1-3H3,(H,17,18). The fourth-order valence-corrected chi connectivity index (χ4v) is 1.91. The predicted molar refractivity (Wildman–Crippen MR) is 78.8 cm³/mol. The van der Waals surface area contributed by atoms with E-state index in [1.807, 2.05) is 38.1 Å². The van der Waals surface area contributed by atoms with Crippen molar-refractivity contribution in [3.8, 4) is 5.75 Å². The number of methoxy groups -OCH3 is 1. The topological polar surface area (TPSA) is 73.6 Å². The van der Waals surface area contributed by atoms with Gasteiger partial charge in [-0.2, -0.15) is 0 Å². The number of nitrogens with one attached hydrogen (secondary N) is 1. The van der Waals surface area contributed by atoms with Crippen LogP contribution in [0.5, 0.6) is 5.75 Å². The van der Waals surface area contributed by atoms with Crippen molar-refractivity contribution in [1.29, 1.82) is 0 Å². The molecule has 0 aromatic heterocycles. The molecule has 0 saturated carbocycles. The number of amides is 1. The first-order valence-electron chi connectivity index (χ1n) is 6.77. The Kier molecular flexibility index (Phi) is 7.04. The van der Waals surface area contributed by atoms with Gasteiger partial charge in [0, 0.05) is 19.2 Å². The van der Waals surface area contributed by atoms with E-state index in [4.69, 9.17) is 15.2 Å². The third-order valence-corrected chi connectivity index (χ3v) is 2.70. The van der Waals surface area contributed by atoms with Crippen LogP contribution in [0.2, 0.25) is 0 Å². The molecule has 1 amide bonds. The predicted octanol–water partition coefficient (Wildman–Crippen LogP) is 1.11. The Morgan fingerprint density at radius 3 is 2.70 bits per heavy atom. The minimum Gasteiger partial charge on any atom is -0.483 e. The summed E-state index contributed by atoms with van der Waals surface area (Å²) in [6.45, 7) is 4.29. The van der Waals surface area contributed by atoms with Crippen molar-refractivity contribution in [2.45, 2.75) is 32.4 Å². The van der Waals surface area contributed by atoms with Gasteiger partial charge in [-0.1, -0.05) is 18.2 Å². The molecule has 0 bridgehead atoms. The summed E-state index contributed by atoms with van der Waals surface area (Å²) in [6.07, 6.45) is 0.720. The Bertz CT molecular complexity index is 421. The van der Waals surface area contributed by atoms with Crippen LogP contribution in [0, 0.1) is 0 Å². The highest BCUT2D eigenvalue weighted by Gasteiger charge is 2.10. The second-order valence-corrected chi connectivity index (χ2v) is 5.00. The number of para-hydroxylation sites is 1. The van der Waals surface area contributed by atoms with Crippen LogP contribution < -0.4 is 15.8 Å². The van der Waals surface area contributed by atoms with E-state index in [0.717, 1.165) is 12.0 Å². The summed E-state index contributed by atoms with van der Waals surface area (Å²) in [6, 6.07) is 7.65. The highest BCUT2D eigenvalue weighted by molar-refractivity contribution is 5.77. The minimum absolute atomic E-state index is 0.00990. The van der Waals surface area contributed by atoms with E-state index in [0.29, 0.717) is 12.4 Å². The zero-order valence-corrected chi connectivity index (χ0v) is 12.4. The van der Waals surface area contributed by atoms with Crippen LogP contribution in [0.15, 0.2) is 24.3 Å². The largest absolute Gasteiger partial charge is 0.483 e. The van der Waals surface area contributed by atoms with E-state index < -0.39 is 0 Å². The number of ether oxygens (including phenoxy) is 2. The van der Waals surface area contributed by atoms with Gasteiger partial charge in [0.1, 0.15) is 5.75 Å². The lowest BCUT2D eigenvalue weighted by Gasteiger charge is -2.15. The van der Waals surface area contributed by atoms with Gasteiger partial charge in [0.15, 0.2) is 6.61 Å². The van der Waals surface area contributed by atoms with Crippen LogP contribution in [-0.2, 0) is 16.0 Å². The first-order chi connectivity index (χ1) is 9.52. The number of nitrogens with two attached hydrogens (primary N) is 1. The number of carbonyl (C=O) groups is 1. The Morgan fingerprint density at radius 2 is 2.05 bits per heavy atom. The number of hydrogen-bond acceptors (Lipinski definition) is 4. The van der Waals surface area contributed by atoms with Gasteiger partial charge in [0.05, 0.1) is 6.61 Å². The van der Waals surface area contributed by atoms with Crippen molar-refractivity contribution in [2.24, 2.45) is 5.73 Å². The van der Waals surface area contributed by atoms with Crippen LogP contribution in [0.25, 0.3) is 0 Å². The van der Waals surface area contributed by atoms with Gasteiger partial charge >= 0.3 is 0 Å². The van der Waals surface area contributed by atoms with Crippen molar-refractivity contribution in [3.05, 3.63) is 29.8 Å². The van der Waals surface area contributed by atoms with E-state index in [9.17, 15) is 4.79 Å². The Balaban J connectivity index is 2.50. The van der Waals surface area contributed by atoms with Crippen molar-refractivity contribution < 1.29 is 14.3 Å². The normalized spacial score (nSPS) is 13.6. The minimum atomic E-state index is -0.162. The van der Waals surface area contributed by atoms with Gasteiger partial charge in [-0.05, 0) is 31.9 Å².